The molecule has 0 fully saturated rings. The largest absolute Gasteiger partial charge is 0.309 e. The fourth-order valence-corrected chi connectivity index (χ4v) is 2.10. The van der Waals surface area contributed by atoms with Gasteiger partial charge in [0, 0.05) is 28.0 Å². The Balaban J connectivity index is 2.46. The molecule has 0 aliphatic rings. The van der Waals surface area contributed by atoms with Crippen LogP contribution < -0.4 is 5.32 Å². The lowest BCUT2D eigenvalue weighted by Crippen LogP contribution is -2.18. The van der Waals surface area contributed by atoms with Crippen molar-refractivity contribution in [2.45, 2.75) is 6.04 Å². The molecule has 1 aromatic carbocycles. The highest BCUT2D eigenvalue weighted by atomic mass is 35.5. The van der Waals surface area contributed by atoms with Crippen molar-refractivity contribution < 1.29 is 0 Å². The van der Waals surface area contributed by atoms with Crippen molar-refractivity contribution in [1.29, 1.82) is 0 Å². The Kier molecular flexibility index (Phi) is 3.94. The SMILES string of the molecule is CNC(c1cncnc1)c1cc(Cl)ccc1Cl. The summed E-state index contributed by atoms with van der Waals surface area (Å²) in [5.74, 6) is 0. The van der Waals surface area contributed by atoms with Gasteiger partial charge in [0.15, 0.2) is 0 Å². The van der Waals surface area contributed by atoms with Gasteiger partial charge in [-0.25, -0.2) is 9.97 Å². The highest BCUT2D eigenvalue weighted by Gasteiger charge is 2.15. The van der Waals surface area contributed by atoms with Crippen LogP contribution in [0, 0.1) is 0 Å². The first-order chi connectivity index (χ1) is 8.22. The van der Waals surface area contributed by atoms with Crippen LogP contribution >= 0.6 is 23.2 Å². The first kappa shape index (κ1) is 12.3. The maximum Gasteiger partial charge on any atom is 0.115 e. The molecule has 1 unspecified atom stereocenters. The molecule has 0 saturated heterocycles. The van der Waals surface area contributed by atoms with E-state index in [9.17, 15) is 0 Å². The molecule has 1 N–H and O–H groups in total. The van der Waals surface area contributed by atoms with E-state index in [2.05, 4.69) is 15.3 Å². The quantitative estimate of drug-likeness (QED) is 0.929. The van der Waals surface area contributed by atoms with E-state index >= 15 is 0 Å². The number of hydrogen-bond acceptors (Lipinski definition) is 3. The van der Waals surface area contributed by atoms with E-state index in [4.69, 9.17) is 23.2 Å². The number of nitrogens with one attached hydrogen (secondary N) is 1. The Hall–Kier alpha value is -1.16. The Morgan fingerprint density at radius 3 is 2.53 bits per heavy atom. The van der Waals surface area contributed by atoms with Crippen LogP contribution in [-0.4, -0.2) is 17.0 Å². The maximum absolute atomic E-state index is 6.18. The van der Waals surface area contributed by atoms with Crippen LogP contribution in [0.2, 0.25) is 10.0 Å². The van der Waals surface area contributed by atoms with E-state index in [0.717, 1.165) is 11.1 Å². The minimum Gasteiger partial charge on any atom is -0.309 e. The molecule has 17 heavy (non-hydrogen) atoms. The van der Waals surface area contributed by atoms with Crippen LogP contribution in [0.4, 0.5) is 0 Å². The van der Waals surface area contributed by atoms with Crippen LogP contribution in [0.5, 0.6) is 0 Å². The van der Waals surface area contributed by atoms with Gasteiger partial charge in [0.2, 0.25) is 0 Å². The molecule has 1 heterocycles. The van der Waals surface area contributed by atoms with Crippen molar-refractivity contribution in [3.63, 3.8) is 0 Å². The zero-order chi connectivity index (χ0) is 12.3. The Bertz CT molecular complexity index is 502. The average Bonchev–Trinajstić information content (AvgIpc) is 2.36. The fourth-order valence-electron chi connectivity index (χ4n) is 1.70. The van der Waals surface area contributed by atoms with E-state index in [1.165, 1.54) is 6.33 Å². The standard InChI is InChI=1S/C12H11Cl2N3/c1-15-12(8-5-16-7-17-6-8)10-4-9(13)2-3-11(10)14/h2-7,12,15H,1H3. The number of halogens is 2. The van der Waals surface area contributed by atoms with Gasteiger partial charge in [-0.3, -0.25) is 0 Å². The average molecular weight is 268 g/mol. The Labute approximate surface area is 110 Å². The van der Waals surface area contributed by atoms with Crippen LogP contribution in [0.1, 0.15) is 17.2 Å². The number of rotatable bonds is 3. The summed E-state index contributed by atoms with van der Waals surface area (Å²) in [6.45, 7) is 0. The monoisotopic (exact) mass is 267 g/mol. The number of hydrogen-bond donors (Lipinski definition) is 1. The molecule has 0 saturated carbocycles. The molecule has 1 aromatic heterocycles. The lowest BCUT2D eigenvalue weighted by atomic mass is 10.0. The van der Waals surface area contributed by atoms with Crippen LogP contribution in [0.15, 0.2) is 36.9 Å². The third-order valence-electron chi connectivity index (χ3n) is 2.47. The third kappa shape index (κ3) is 2.75. The second-order valence-corrected chi connectivity index (χ2v) is 4.40. The van der Waals surface area contributed by atoms with Crippen LogP contribution in [0.25, 0.3) is 0 Å². The summed E-state index contributed by atoms with van der Waals surface area (Å²) in [6, 6.07) is 5.33. The minimum atomic E-state index is -0.0672. The first-order valence-electron chi connectivity index (χ1n) is 5.09. The molecule has 3 nitrogen and oxygen atoms in total. The predicted molar refractivity (Wildman–Crippen MR) is 69.4 cm³/mol. The molecule has 0 amide bonds. The molecule has 0 spiro atoms. The lowest BCUT2D eigenvalue weighted by Gasteiger charge is -2.17. The van der Waals surface area contributed by atoms with Gasteiger partial charge in [0.05, 0.1) is 6.04 Å². The number of aromatic nitrogens is 2. The van der Waals surface area contributed by atoms with Gasteiger partial charge in [0.25, 0.3) is 0 Å². The summed E-state index contributed by atoms with van der Waals surface area (Å²) >= 11 is 12.2. The molecule has 5 heteroatoms. The van der Waals surface area contributed by atoms with Crippen molar-refractivity contribution >= 4 is 23.2 Å². The van der Waals surface area contributed by atoms with Gasteiger partial charge in [0.1, 0.15) is 6.33 Å². The molecular formula is C12H11Cl2N3. The van der Waals surface area contributed by atoms with E-state index in [1.54, 1.807) is 24.5 Å². The lowest BCUT2D eigenvalue weighted by molar-refractivity contribution is 0.685. The summed E-state index contributed by atoms with van der Waals surface area (Å²) in [5, 5.41) is 4.50. The molecule has 1 atom stereocenters. The number of benzene rings is 1. The normalized spacial score (nSPS) is 12.4. The third-order valence-corrected chi connectivity index (χ3v) is 3.05. The molecule has 0 radical (unpaired) electrons. The topological polar surface area (TPSA) is 37.8 Å². The summed E-state index contributed by atoms with van der Waals surface area (Å²) in [6.07, 6.45) is 5.01. The second kappa shape index (κ2) is 5.45. The van der Waals surface area contributed by atoms with Crippen molar-refractivity contribution in [1.82, 2.24) is 15.3 Å². The molecule has 2 aromatic rings. The summed E-state index contributed by atoms with van der Waals surface area (Å²) in [5.41, 5.74) is 1.86. The molecule has 0 bridgehead atoms. The summed E-state index contributed by atoms with van der Waals surface area (Å²) < 4.78 is 0. The second-order valence-electron chi connectivity index (χ2n) is 3.56. The van der Waals surface area contributed by atoms with E-state index in [1.807, 2.05) is 13.1 Å². The molecule has 0 aliphatic carbocycles. The Morgan fingerprint density at radius 1 is 1.18 bits per heavy atom. The summed E-state index contributed by atoms with van der Waals surface area (Å²) in [4.78, 5) is 8.01. The molecule has 0 aliphatic heterocycles. The van der Waals surface area contributed by atoms with Crippen molar-refractivity contribution in [3.8, 4) is 0 Å². The Morgan fingerprint density at radius 2 is 1.88 bits per heavy atom. The molecule has 2 rings (SSSR count). The highest BCUT2D eigenvalue weighted by Crippen LogP contribution is 2.29. The van der Waals surface area contributed by atoms with Crippen molar-refractivity contribution in [2.24, 2.45) is 0 Å². The van der Waals surface area contributed by atoms with Gasteiger partial charge < -0.3 is 5.32 Å². The van der Waals surface area contributed by atoms with Gasteiger partial charge in [-0.05, 0) is 30.8 Å². The smallest absolute Gasteiger partial charge is 0.115 e. The zero-order valence-electron chi connectivity index (χ0n) is 9.19. The van der Waals surface area contributed by atoms with Gasteiger partial charge in [-0.15, -0.1) is 0 Å². The predicted octanol–water partition coefficient (Wildman–Crippen LogP) is 3.09. The van der Waals surface area contributed by atoms with Gasteiger partial charge in [-0.2, -0.15) is 0 Å². The fraction of sp³-hybridized carbons (Fsp3) is 0.167. The highest BCUT2D eigenvalue weighted by molar-refractivity contribution is 6.33. The zero-order valence-corrected chi connectivity index (χ0v) is 10.7. The number of nitrogens with zero attached hydrogens (tertiary/aromatic N) is 2. The molecule has 88 valence electrons. The van der Waals surface area contributed by atoms with Crippen molar-refractivity contribution in [2.75, 3.05) is 7.05 Å². The van der Waals surface area contributed by atoms with E-state index in [-0.39, 0.29) is 6.04 Å². The summed E-state index contributed by atoms with van der Waals surface area (Å²) in [7, 11) is 1.86. The maximum atomic E-state index is 6.18. The van der Waals surface area contributed by atoms with E-state index in [0.29, 0.717) is 10.0 Å². The van der Waals surface area contributed by atoms with Gasteiger partial charge in [-0.1, -0.05) is 23.2 Å². The minimum absolute atomic E-state index is 0.0672. The first-order valence-corrected chi connectivity index (χ1v) is 5.85. The van der Waals surface area contributed by atoms with Crippen LogP contribution in [-0.2, 0) is 0 Å². The van der Waals surface area contributed by atoms with Crippen LogP contribution in [0.3, 0.4) is 0 Å². The van der Waals surface area contributed by atoms with E-state index < -0.39 is 0 Å². The van der Waals surface area contributed by atoms with Crippen molar-refractivity contribution in [3.05, 3.63) is 58.1 Å². The molecular weight excluding hydrogens is 257 g/mol. The van der Waals surface area contributed by atoms with Gasteiger partial charge >= 0.3 is 0 Å².